The Morgan fingerprint density at radius 1 is 1.02 bits per heavy atom. The van der Waals surface area contributed by atoms with Gasteiger partial charge in [-0.1, -0.05) is 25.0 Å². The largest absolute Gasteiger partial charge is 0.493 e. The molecular formula is C30H47F3NO5P. The highest BCUT2D eigenvalue weighted by molar-refractivity contribution is 7.41. The van der Waals surface area contributed by atoms with Gasteiger partial charge in [-0.25, -0.2) is 4.99 Å². The Hall–Kier alpha value is -1.67. The Bertz CT molecular complexity index is 956. The monoisotopic (exact) mass is 589 g/mol. The summed E-state index contributed by atoms with van der Waals surface area (Å²) in [6.45, 7) is 17.7. The number of allylic oxidation sites excluding steroid dienone is 1. The fourth-order valence-corrected chi connectivity index (χ4v) is 5.37. The molecule has 0 saturated heterocycles. The minimum absolute atomic E-state index is 0.136. The van der Waals surface area contributed by atoms with Gasteiger partial charge in [0.15, 0.2) is 5.90 Å². The molecule has 0 fully saturated rings. The maximum Gasteiger partial charge on any atom is 0.419 e. The summed E-state index contributed by atoms with van der Waals surface area (Å²) in [5, 5.41) is 0. The number of nitrogens with zero attached hydrogens (tertiary/aromatic N) is 1. The molecule has 0 spiro atoms. The van der Waals surface area contributed by atoms with E-state index in [2.05, 4.69) is 11.6 Å². The highest BCUT2D eigenvalue weighted by Gasteiger charge is 2.39. The first-order chi connectivity index (χ1) is 18.5. The molecule has 0 aliphatic carbocycles. The normalized spacial score (nSPS) is 18.1. The van der Waals surface area contributed by atoms with Crippen molar-refractivity contribution in [2.45, 2.75) is 116 Å². The zero-order chi connectivity index (χ0) is 30.0. The van der Waals surface area contributed by atoms with E-state index in [1.54, 1.807) is 13.0 Å². The van der Waals surface area contributed by atoms with Crippen LogP contribution in [0.2, 0.25) is 0 Å². The molecule has 0 aromatic heterocycles. The molecule has 0 N–H and O–H groups in total. The van der Waals surface area contributed by atoms with Crippen LogP contribution in [0.15, 0.2) is 35.8 Å². The van der Waals surface area contributed by atoms with Crippen LogP contribution in [0.4, 0.5) is 13.2 Å². The van der Waals surface area contributed by atoms with Crippen molar-refractivity contribution in [3.05, 3.63) is 42.0 Å². The third-order valence-corrected chi connectivity index (χ3v) is 7.60. The molecule has 6 nitrogen and oxygen atoms in total. The quantitative estimate of drug-likeness (QED) is 0.109. The van der Waals surface area contributed by atoms with E-state index in [1.807, 2.05) is 47.6 Å². The number of ether oxygens (including phenoxy) is 2. The molecule has 0 radical (unpaired) electrons. The number of rotatable bonds is 16. The second kappa shape index (κ2) is 15.0. The first-order valence-electron chi connectivity index (χ1n) is 14.0. The van der Waals surface area contributed by atoms with Crippen molar-refractivity contribution in [2.75, 3.05) is 19.8 Å². The Morgan fingerprint density at radius 2 is 1.68 bits per heavy atom. The Kier molecular flexibility index (Phi) is 12.9. The number of alkyl halides is 3. The van der Waals surface area contributed by atoms with Gasteiger partial charge in [-0.2, -0.15) is 13.2 Å². The zero-order valence-corrected chi connectivity index (χ0v) is 26.1. The van der Waals surface area contributed by atoms with Crippen LogP contribution in [0.1, 0.15) is 98.1 Å². The second-order valence-corrected chi connectivity index (χ2v) is 13.3. The number of benzene rings is 1. The van der Waals surface area contributed by atoms with Crippen molar-refractivity contribution < 1.29 is 36.2 Å². The molecule has 0 amide bonds. The van der Waals surface area contributed by atoms with Crippen LogP contribution in [0.25, 0.3) is 0 Å². The Balaban J connectivity index is 2.09. The van der Waals surface area contributed by atoms with Gasteiger partial charge in [0.25, 0.3) is 0 Å². The van der Waals surface area contributed by atoms with Gasteiger partial charge in [0.2, 0.25) is 0 Å². The van der Waals surface area contributed by atoms with E-state index in [0.717, 1.165) is 25.7 Å². The number of aryl methyl sites for hydroxylation is 1. The number of halogens is 3. The van der Waals surface area contributed by atoms with Crippen molar-refractivity contribution in [3.63, 3.8) is 0 Å². The van der Waals surface area contributed by atoms with Crippen molar-refractivity contribution in [2.24, 2.45) is 4.99 Å². The van der Waals surface area contributed by atoms with Crippen molar-refractivity contribution in [3.8, 4) is 5.75 Å². The average molecular weight is 590 g/mol. The minimum atomic E-state index is -4.52. The summed E-state index contributed by atoms with van der Waals surface area (Å²) in [4.78, 5) is 4.68. The third kappa shape index (κ3) is 12.9. The second-order valence-electron chi connectivity index (χ2n) is 12.2. The zero-order valence-electron chi connectivity index (χ0n) is 25.2. The van der Waals surface area contributed by atoms with Crippen LogP contribution in [0.5, 0.6) is 5.75 Å². The third-order valence-electron chi connectivity index (χ3n) is 5.87. The summed E-state index contributed by atoms with van der Waals surface area (Å²) in [6.07, 6.45) is 2.73. The smallest absolute Gasteiger partial charge is 0.419 e. The summed E-state index contributed by atoms with van der Waals surface area (Å²) in [5.41, 5.74) is -1.95. The molecule has 228 valence electrons. The molecule has 2 rings (SSSR count). The van der Waals surface area contributed by atoms with Crippen LogP contribution in [0.3, 0.4) is 0 Å². The SMILES string of the molecule is C=CCCCCCCOc1ccc(CCC2(COP(OC(C)(C)C)OC(C)(C)C)COC(C)=N2)cc1C(F)(F)F. The summed E-state index contributed by atoms with van der Waals surface area (Å²) < 4.78 is 71.1. The first-order valence-corrected chi connectivity index (χ1v) is 15.1. The van der Waals surface area contributed by atoms with Crippen LogP contribution in [-0.2, 0) is 30.9 Å². The molecule has 1 atom stereocenters. The van der Waals surface area contributed by atoms with Gasteiger partial charge in [-0.3, -0.25) is 0 Å². The lowest BCUT2D eigenvalue weighted by Gasteiger charge is -2.32. The molecule has 1 heterocycles. The van der Waals surface area contributed by atoms with Crippen molar-refractivity contribution in [1.82, 2.24) is 0 Å². The molecule has 1 aromatic rings. The molecule has 1 aromatic carbocycles. The molecule has 0 saturated carbocycles. The van der Waals surface area contributed by atoms with Gasteiger partial charge in [-0.05, 0) is 91.3 Å². The molecular weight excluding hydrogens is 542 g/mol. The van der Waals surface area contributed by atoms with Gasteiger partial charge in [0, 0.05) is 6.92 Å². The standard InChI is InChI=1S/C30H47F3NO5P/c1-9-10-11-12-13-14-19-35-26-16-15-24(20-25(26)30(31,32)33)17-18-29(21-36-23(2)34-29)22-37-40(38-27(3,4)5)39-28(6,7)8/h9,15-16,20H,1,10-14,17-19,21-22H2,2-8H3. The van der Waals surface area contributed by atoms with E-state index in [4.69, 9.17) is 23.0 Å². The summed E-state index contributed by atoms with van der Waals surface area (Å²) in [5.74, 6) is 0.383. The minimum Gasteiger partial charge on any atom is -0.493 e. The van der Waals surface area contributed by atoms with E-state index in [1.165, 1.54) is 12.1 Å². The van der Waals surface area contributed by atoms with Gasteiger partial charge in [0.05, 0.1) is 30.0 Å². The van der Waals surface area contributed by atoms with E-state index in [0.29, 0.717) is 30.7 Å². The number of aliphatic imine (C=N–C) groups is 1. The molecule has 40 heavy (non-hydrogen) atoms. The molecule has 1 aliphatic heterocycles. The summed E-state index contributed by atoms with van der Waals surface area (Å²) in [7, 11) is -1.70. The lowest BCUT2D eigenvalue weighted by atomic mass is 9.93. The Labute approximate surface area is 239 Å². The lowest BCUT2D eigenvalue weighted by Crippen LogP contribution is -2.35. The lowest BCUT2D eigenvalue weighted by molar-refractivity contribution is -0.139. The van der Waals surface area contributed by atoms with Gasteiger partial charge < -0.3 is 23.0 Å². The number of hydrogen-bond acceptors (Lipinski definition) is 6. The average Bonchev–Trinajstić information content (AvgIpc) is 3.19. The number of hydrogen-bond donors (Lipinski definition) is 0. The van der Waals surface area contributed by atoms with Crippen LogP contribution in [-0.4, -0.2) is 42.5 Å². The fourth-order valence-electron chi connectivity index (χ4n) is 3.99. The fraction of sp³-hybridized carbons (Fsp3) is 0.700. The number of unbranched alkanes of at least 4 members (excludes halogenated alkanes) is 4. The Morgan fingerprint density at radius 3 is 2.23 bits per heavy atom. The maximum absolute atomic E-state index is 13.9. The molecule has 0 bridgehead atoms. The predicted molar refractivity (Wildman–Crippen MR) is 155 cm³/mol. The van der Waals surface area contributed by atoms with Crippen LogP contribution in [0, 0.1) is 0 Å². The van der Waals surface area contributed by atoms with Crippen LogP contribution < -0.4 is 4.74 Å². The van der Waals surface area contributed by atoms with E-state index in [9.17, 15) is 13.2 Å². The van der Waals surface area contributed by atoms with Gasteiger partial charge in [-0.15, -0.1) is 6.58 Å². The summed E-state index contributed by atoms with van der Waals surface area (Å²) in [6, 6.07) is 4.29. The molecule has 1 unspecified atom stereocenters. The van der Waals surface area contributed by atoms with Crippen LogP contribution >= 0.6 is 8.60 Å². The molecule has 1 aliphatic rings. The van der Waals surface area contributed by atoms with E-state index in [-0.39, 0.29) is 25.6 Å². The summed E-state index contributed by atoms with van der Waals surface area (Å²) >= 11 is 0. The maximum atomic E-state index is 13.9. The van der Waals surface area contributed by atoms with Crippen molar-refractivity contribution >= 4 is 14.5 Å². The molecule has 10 heteroatoms. The topological polar surface area (TPSA) is 58.5 Å². The highest BCUT2D eigenvalue weighted by atomic mass is 31.2. The van der Waals surface area contributed by atoms with Gasteiger partial charge in [0.1, 0.15) is 17.9 Å². The van der Waals surface area contributed by atoms with E-state index >= 15 is 0 Å². The predicted octanol–water partition coefficient (Wildman–Crippen LogP) is 9.21. The van der Waals surface area contributed by atoms with Crippen molar-refractivity contribution in [1.29, 1.82) is 0 Å². The van der Waals surface area contributed by atoms with Gasteiger partial charge >= 0.3 is 14.8 Å². The van der Waals surface area contributed by atoms with E-state index < -0.39 is 37.1 Å². The highest BCUT2D eigenvalue weighted by Crippen LogP contribution is 2.48. The first kappa shape index (κ1) is 34.5.